The Morgan fingerprint density at radius 1 is 1.12 bits per heavy atom. The zero-order valence-corrected chi connectivity index (χ0v) is 15.2. The van der Waals surface area contributed by atoms with Gasteiger partial charge in [-0.25, -0.2) is 0 Å². The quantitative estimate of drug-likeness (QED) is 0.677. The Kier molecular flexibility index (Phi) is 7.17. The lowest BCUT2D eigenvalue weighted by Gasteiger charge is -2.15. The smallest absolute Gasteiger partial charge is 0.291 e. The summed E-state index contributed by atoms with van der Waals surface area (Å²) in [7, 11) is 0. The van der Waals surface area contributed by atoms with Crippen molar-refractivity contribution in [2.45, 2.75) is 20.4 Å². The molecule has 138 valence electrons. The van der Waals surface area contributed by atoms with Crippen molar-refractivity contribution in [1.29, 1.82) is 0 Å². The number of carbonyl (C=O) groups is 2. The maximum atomic E-state index is 12.5. The van der Waals surface area contributed by atoms with Gasteiger partial charge in [-0.15, -0.1) is 6.58 Å². The van der Waals surface area contributed by atoms with Crippen LogP contribution in [0.2, 0.25) is 0 Å². The minimum atomic E-state index is -0.389. The first-order chi connectivity index (χ1) is 12.6. The topological polar surface area (TPSA) is 74.6 Å². The molecule has 2 amide bonds. The highest BCUT2D eigenvalue weighted by molar-refractivity contribution is 6.07. The van der Waals surface area contributed by atoms with Gasteiger partial charge in [-0.2, -0.15) is 0 Å². The van der Waals surface area contributed by atoms with Gasteiger partial charge >= 0.3 is 0 Å². The fraction of sp³-hybridized carbons (Fsp3) is 0.300. The first kappa shape index (κ1) is 19.5. The van der Waals surface area contributed by atoms with E-state index in [2.05, 4.69) is 36.0 Å². The maximum Gasteiger partial charge on any atom is 0.291 e. The Morgan fingerprint density at radius 2 is 1.85 bits per heavy atom. The van der Waals surface area contributed by atoms with E-state index in [4.69, 9.17) is 4.42 Å². The minimum absolute atomic E-state index is 0.216. The predicted molar refractivity (Wildman–Crippen MR) is 102 cm³/mol. The number of para-hydroxylation sites is 1. The third-order valence-electron chi connectivity index (χ3n) is 3.99. The molecule has 2 rings (SSSR count). The van der Waals surface area contributed by atoms with Crippen molar-refractivity contribution in [2.24, 2.45) is 0 Å². The lowest BCUT2D eigenvalue weighted by atomic mass is 10.1. The van der Waals surface area contributed by atoms with E-state index in [0.717, 1.165) is 18.8 Å². The summed E-state index contributed by atoms with van der Waals surface area (Å²) < 4.78 is 5.65. The van der Waals surface area contributed by atoms with Crippen molar-refractivity contribution in [1.82, 2.24) is 10.2 Å². The van der Waals surface area contributed by atoms with Crippen molar-refractivity contribution in [2.75, 3.05) is 25.0 Å². The van der Waals surface area contributed by atoms with E-state index < -0.39 is 0 Å². The molecule has 6 nitrogen and oxygen atoms in total. The largest absolute Gasteiger partial charge is 0.455 e. The zero-order valence-electron chi connectivity index (χ0n) is 15.2. The summed E-state index contributed by atoms with van der Waals surface area (Å²) in [6, 6.07) is 10.3. The van der Waals surface area contributed by atoms with Crippen molar-refractivity contribution in [3.05, 3.63) is 66.1 Å². The number of hydrogen-bond acceptors (Lipinski definition) is 4. The van der Waals surface area contributed by atoms with Gasteiger partial charge in [0.25, 0.3) is 11.8 Å². The number of nitrogens with zero attached hydrogens (tertiary/aromatic N) is 1. The molecule has 0 unspecified atom stereocenters. The van der Waals surface area contributed by atoms with Gasteiger partial charge in [0.1, 0.15) is 5.76 Å². The van der Waals surface area contributed by atoms with Gasteiger partial charge in [0.05, 0.1) is 17.8 Å². The van der Waals surface area contributed by atoms with Crippen LogP contribution < -0.4 is 10.6 Å². The van der Waals surface area contributed by atoms with E-state index in [0.29, 0.717) is 24.3 Å². The summed E-state index contributed by atoms with van der Waals surface area (Å²) in [5.41, 5.74) is 0.818. The summed E-state index contributed by atoms with van der Waals surface area (Å²) in [5, 5.41) is 5.45. The van der Waals surface area contributed by atoms with E-state index in [1.165, 1.54) is 0 Å². The second-order valence-corrected chi connectivity index (χ2v) is 5.73. The van der Waals surface area contributed by atoms with E-state index >= 15 is 0 Å². The van der Waals surface area contributed by atoms with Gasteiger partial charge in [-0.05, 0) is 37.4 Å². The number of hydrogen-bond donors (Lipinski definition) is 2. The molecule has 0 spiro atoms. The summed E-state index contributed by atoms with van der Waals surface area (Å²) >= 11 is 0. The monoisotopic (exact) mass is 355 g/mol. The molecule has 2 aromatic rings. The van der Waals surface area contributed by atoms with Crippen LogP contribution in [-0.2, 0) is 6.54 Å². The third kappa shape index (κ3) is 5.07. The summed E-state index contributed by atoms with van der Waals surface area (Å²) in [5.74, 6) is 0.284. The minimum Gasteiger partial charge on any atom is -0.455 e. The zero-order chi connectivity index (χ0) is 18.9. The molecule has 1 aromatic carbocycles. The van der Waals surface area contributed by atoms with Crippen LogP contribution in [0.15, 0.2) is 53.5 Å². The predicted octanol–water partition coefficient (Wildman–Crippen LogP) is 3.29. The Labute approximate surface area is 153 Å². The number of nitrogens with one attached hydrogen (secondary N) is 2. The molecule has 6 heteroatoms. The fourth-order valence-corrected chi connectivity index (χ4v) is 2.49. The second kappa shape index (κ2) is 9.58. The Morgan fingerprint density at radius 3 is 2.54 bits per heavy atom. The summed E-state index contributed by atoms with van der Waals surface area (Å²) in [6.07, 6.45) is 1.60. The van der Waals surface area contributed by atoms with Gasteiger partial charge in [-0.3, -0.25) is 14.5 Å². The average molecular weight is 355 g/mol. The first-order valence-corrected chi connectivity index (χ1v) is 8.69. The van der Waals surface area contributed by atoms with Crippen LogP contribution in [0.25, 0.3) is 0 Å². The number of anilines is 1. The number of furan rings is 1. The summed E-state index contributed by atoms with van der Waals surface area (Å²) in [6.45, 7) is 10.6. The molecule has 0 radical (unpaired) electrons. The molecule has 0 aliphatic heterocycles. The van der Waals surface area contributed by atoms with Crippen LogP contribution in [0.4, 0.5) is 5.69 Å². The van der Waals surface area contributed by atoms with Crippen molar-refractivity contribution in [3.8, 4) is 0 Å². The van der Waals surface area contributed by atoms with Gasteiger partial charge in [0.2, 0.25) is 0 Å². The third-order valence-corrected chi connectivity index (χ3v) is 3.99. The van der Waals surface area contributed by atoms with Crippen LogP contribution >= 0.6 is 0 Å². The highest BCUT2D eigenvalue weighted by Gasteiger charge is 2.16. The molecule has 0 saturated heterocycles. The number of carbonyl (C=O) groups excluding carboxylic acids is 2. The average Bonchev–Trinajstić information content (AvgIpc) is 3.13. The summed E-state index contributed by atoms with van der Waals surface area (Å²) in [4.78, 5) is 26.9. The van der Waals surface area contributed by atoms with Gasteiger partial charge in [0.15, 0.2) is 5.76 Å². The van der Waals surface area contributed by atoms with E-state index in [1.54, 1.807) is 42.5 Å². The molecule has 0 bridgehead atoms. The Balaban J connectivity index is 2.10. The second-order valence-electron chi connectivity index (χ2n) is 5.73. The molecule has 0 fully saturated rings. The van der Waals surface area contributed by atoms with Crippen LogP contribution in [-0.4, -0.2) is 36.3 Å². The molecule has 2 N–H and O–H groups in total. The number of rotatable bonds is 9. The molecular formula is C20H25N3O3. The van der Waals surface area contributed by atoms with E-state index in [1.807, 2.05) is 0 Å². The highest BCUT2D eigenvalue weighted by atomic mass is 16.4. The molecule has 0 aliphatic carbocycles. The Bertz CT molecular complexity index is 763. The van der Waals surface area contributed by atoms with Gasteiger partial charge in [-0.1, -0.05) is 32.1 Å². The molecule has 0 saturated carbocycles. The van der Waals surface area contributed by atoms with Crippen molar-refractivity contribution in [3.63, 3.8) is 0 Å². The fourth-order valence-electron chi connectivity index (χ4n) is 2.49. The SMILES string of the molecule is C=CCNC(=O)c1ccccc1NC(=O)c1ccc(CN(CC)CC)o1. The van der Waals surface area contributed by atoms with E-state index in [-0.39, 0.29) is 17.6 Å². The molecule has 1 heterocycles. The first-order valence-electron chi connectivity index (χ1n) is 8.69. The van der Waals surface area contributed by atoms with Crippen LogP contribution in [0.3, 0.4) is 0 Å². The molecular weight excluding hydrogens is 330 g/mol. The van der Waals surface area contributed by atoms with Crippen LogP contribution in [0.1, 0.15) is 40.5 Å². The number of amides is 2. The van der Waals surface area contributed by atoms with Crippen LogP contribution in [0, 0.1) is 0 Å². The molecule has 0 atom stereocenters. The lowest BCUT2D eigenvalue weighted by molar-refractivity contribution is 0.0959. The molecule has 26 heavy (non-hydrogen) atoms. The highest BCUT2D eigenvalue weighted by Crippen LogP contribution is 2.18. The molecule has 1 aromatic heterocycles. The standard InChI is InChI=1S/C20H25N3O3/c1-4-13-21-19(24)16-9-7-8-10-17(16)22-20(25)18-12-11-15(26-18)14-23(5-2)6-3/h4,7-12H,1,5-6,13-14H2,2-3H3,(H,21,24)(H,22,25). The Hall–Kier alpha value is -2.86. The number of benzene rings is 1. The van der Waals surface area contributed by atoms with Crippen molar-refractivity contribution < 1.29 is 14.0 Å². The van der Waals surface area contributed by atoms with Crippen LogP contribution in [0.5, 0.6) is 0 Å². The lowest BCUT2D eigenvalue weighted by Crippen LogP contribution is -2.25. The van der Waals surface area contributed by atoms with Crippen molar-refractivity contribution >= 4 is 17.5 Å². The maximum absolute atomic E-state index is 12.5. The molecule has 0 aliphatic rings. The van der Waals surface area contributed by atoms with Gasteiger partial charge < -0.3 is 15.1 Å². The normalized spacial score (nSPS) is 10.6. The van der Waals surface area contributed by atoms with E-state index in [9.17, 15) is 9.59 Å². The van der Waals surface area contributed by atoms with Gasteiger partial charge in [0, 0.05) is 6.54 Å².